The van der Waals surface area contributed by atoms with E-state index < -0.39 is 11.4 Å². The molecule has 32 heavy (non-hydrogen) atoms. The molecule has 3 aromatic rings. The fourth-order valence-electron chi connectivity index (χ4n) is 4.24. The first-order valence-corrected chi connectivity index (χ1v) is 11.4. The zero-order valence-corrected chi connectivity index (χ0v) is 19.0. The summed E-state index contributed by atoms with van der Waals surface area (Å²) in [6.45, 7) is 2.86. The van der Waals surface area contributed by atoms with E-state index in [2.05, 4.69) is 10.3 Å². The van der Waals surface area contributed by atoms with Gasteiger partial charge in [-0.3, -0.25) is 9.59 Å². The number of carbonyl (C=O) groups excluding carboxylic acids is 1. The number of hydrogen-bond donors (Lipinski definition) is 2. The Morgan fingerprint density at radius 2 is 1.91 bits per heavy atom. The number of amides is 1. The molecule has 0 aliphatic heterocycles. The number of aliphatic carboxylic acids is 1. The fourth-order valence-corrected chi connectivity index (χ4v) is 5.15. The Bertz CT molecular complexity index is 1130. The van der Waals surface area contributed by atoms with Gasteiger partial charge in [0, 0.05) is 12.1 Å². The molecule has 0 bridgehead atoms. The van der Waals surface area contributed by atoms with Crippen molar-refractivity contribution in [3.05, 3.63) is 52.5 Å². The van der Waals surface area contributed by atoms with Crippen LogP contribution in [0.1, 0.15) is 35.9 Å². The van der Waals surface area contributed by atoms with Gasteiger partial charge in [-0.2, -0.15) is 0 Å². The van der Waals surface area contributed by atoms with E-state index >= 15 is 0 Å². The van der Waals surface area contributed by atoms with Crippen LogP contribution in [-0.2, 0) is 29.0 Å². The van der Waals surface area contributed by atoms with Crippen LogP contribution in [0.3, 0.4) is 0 Å². The number of nitrogens with one attached hydrogen (secondary N) is 1. The minimum atomic E-state index is -0.976. The van der Waals surface area contributed by atoms with E-state index in [9.17, 15) is 14.7 Å². The van der Waals surface area contributed by atoms with Crippen molar-refractivity contribution < 1.29 is 24.2 Å². The molecule has 1 aliphatic rings. The van der Waals surface area contributed by atoms with Crippen molar-refractivity contribution >= 4 is 33.4 Å². The molecule has 0 fully saturated rings. The molecule has 0 atom stereocenters. The highest BCUT2D eigenvalue weighted by Gasteiger charge is 2.45. The first-order valence-electron chi connectivity index (χ1n) is 10.6. The van der Waals surface area contributed by atoms with Crippen molar-refractivity contribution in [2.75, 3.05) is 13.7 Å². The second-order valence-corrected chi connectivity index (χ2v) is 9.20. The smallest absolute Gasteiger partial charge is 0.304 e. The van der Waals surface area contributed by atoms with Crippen LogP contribution in [0.15, 0.2) is 36.4 Å². The van der Waals surface area contributed by atoms with Crippen LogP contribution >= 0.6 is 11.3 Å². The molecule has 1 aromatic heterocycles. The molecule has 0 saturated carbocycles. The SMILES string of the molecule is CCCOc1cc2nc(CNC(=O)C3(CC(=O)O)Cc4ccccc4C3)sc2cc1OC. The van der Waals surface area contributed by atoms with Gasteiger partial charge in [0.25, 0.3) is 0 Å². The molecule has 0 spiro atoms. The number of nitrogens with zero attached hydrogens (tertiary/aromatic N) is 1. The van der Waals surface area contributed by atoms with E-state index in [4.69, 9.17) is 9.47 Å². The maximum atomic E-state index is 13.2. The first-order chi connectivity index (χ1) is 15.4. The maximum Gasteiger partial charge on any atom is 0.304 e. The predicted octanol–water partition coefficient (Wildman–Crippen LogP) is 3.97. The maximum absolute atomic E-state index is 13.2. The number of carboxylic acids is 1. The number of ether oxygens (including phenoxy) is 2. The zero-order valence-electron chi connectivity index (χ0n) is 18.1. The molecular weight excluding hydrogens is 428 g/mol. The number of rotatable bonds is 9. The van der Waals surface area contributed by atoms with Crippen LogP contribution < -0.4 is 14.8 Å². The lowest BCUT2D eigenvalue weighted by atomic mass is 9.80. The fraction of sp³-hybridized carbons (Fsp3) is 0.375. The third-order valence-corrected chi connectivity index (χ3v) is 6.75. The molecule has 4 rings (SSSR count). The van der Waals surface area contributed by atoms with Crippen molar-refractivity contribution in [3.8, 4) is 11.5 Å². The van der Waals surface area contributed by atoms with E-state index in [-0.39, 0.29) is 18.9 Å². The molecule has 1 amide bonds. The average molecular weight is 455 g/mol. The van der Waals surface area contributed by atoms with Gasteiger partial charge in [0.15, 0.2) is 11.5 Å². The Balaban J connectivity index is 1.51. The Morgan fingerprint density at radius 1 is 1.19 bits per heavy atom. The molecule has 2 aromatic carbocycles. The molecule has 1 aliphatic carbocycles. The van der Waals surface area contributed by atoms with E-state index in [0.717, 1.165) is 32.8 Å². The minimum absolute atomic E-state index is 0.206. The number of benzene rings is 2. The van der Waals surface area contributed by atoms with E-state index in [0.29, 0.717) is 30.9 Å². The van der Waals surface area contributed by atoms with Crippen LogP contribution in [0.4, 0.5) is 0 Å². The molecule has 8 heteroatoms. The lowest BCUT2D eigenvalue weighted by molar-refractivity contribution is -0.145. The van der Waals surface area contributed by atoms with Gasteiger partial charge in [-0.1, -0.05) is 31.2 Å². The molecule has 168 valence electrons. The highest BCUT2D eigenvalue weighted by atomic mass is 32.1. The molecule has 0 radical (unpaired) electrons. The number of aromatic nitrogens is 1. The molecule has 7 nitrogen and oxygen atoms in total. The van der Waals surface area contributed by atoms with Gasteiger partial charge >= 0.3 is 5.97 Å². The number of hydrogen-bond acceptors (Lipinski definition) is 6. The van der Waals surface area contributed by atoms with Gasteiger partial charge in [-0.05, 0) is 30.4 Å². The molecule has 0 unspecified atom stereocenters. The van der Waals surface area contributed by atoms with Gasteiger partial charge in [-0.25, -0.2) is 4.98 Å². The summed E-state index contributed by atoms with van der Waals surface area (Å²) in [5.74, 6) is 0.0701. The quantitative estimate of drug-likeness (QED) is 0.508. The van der Waals surface area contributed by atoms with Crippen molar-refractivity contribution in [1.82, 2.24) is 10.3 Å². The Kier molecular flexibility index (Phi) is 6.32. The summed E-state index contributed by atoms with van der Waals surface area (Å²) in [7, 11) is 1.60. The van der Waals surface area contributed by atoms with Crippen LogP contribution in [0.25, 0.3) is 10.2 Å². The second kappa shape index (κ2) is 9.16. The summed E-state index contributed by atoms with van der Waals surface area (Å²) in [6, 6.07) is 11.5. The highest BCUT2D eigenvalue weighted by molar-refractivity contribution is 7.18. The summed E-state index contributed by atoms with van der Waals surface area (Å²) < 4.78 is 12.1. The highest BCUT2D eigenvalue weighted by Crippen LogP contribution is 2.40. The predicted molar refractivity (Wildman–Crippen MR) is 122 cm³/mol. The van der Waals surface area contributed by atoms with Gasteiger partial charge in [0.05, 0.1) is 42.3 Å². The number of methoxy groups -OCH3 is 1. The lowest BCUT2D eigenvalue weighted by Gasteiger charge is -2.25. The summed E-state index contributed by atoms with van der Waals surface area (Å²) in [6.07, 6.45) is 1.53. The number of fused-ring (bicyclic) bond motifs is 2. The number of thiazole rings is 1. The van der Waals surface area contributed by atoms with Crippen LogP contribution in [0.5, 0.6) is 11.5 Å². The number of carboxylic acid groups (broad SMARTS) is 1. The molecule has 2 N–H and O–H groups in total. The van der Waals surface area contributed by atoms with Gasteiger partial charge in [-0.15, -0.1) is 11.3 Å². The average Bonchev–Trinajstić information content (AvgIpc) is 3.35. The molecular formula is C24H26N2O5S. The summed E-state index contributed by atoms with van der Waals surface area (Å²) >= 11 is 1.47. The van der Waals surface area contributed by atoms with E-state index in [1.165, 1.54) is 11.3 Å². The summed E-state index contributed by atoms with van der Waals surface area (Å²) in [5.41, 5.74) is 1.88. The number of carbonyl (C=O) groups is 2. The molecule has 0 saturated heterocycles. The zero-order chi connectivity index (χ0) is 22.7. The third kappa shape index (κ3) is 4.41. The Labute approximate surface area is 190 Å². The van der Waals surface area contributed by atoms with E-state index in [1.807, 2.05) is 43.3 Å². The third-order valence-electron chi connectivity index (χ3n) is 5.73. The lowest BCUT2D eigenvalue weighted by Crippen LogP contribution is -2.43. The summed E-state index contributed by atoms with van der Waals surface area (Å²) in [5, 5.41) is 13.2. The van der Waals surface area contributed by atoms with Gasteiger partial charge in [0.2, 0.25) is 5.91 Å². The van der Waals surface area contributed by atoms with Crippen molar-refractivity contribution in [2.45, 2.75) is 39.2 Å². The van der Waals surface area contributed by atoms with Crippen molar-refractivity contribution in [1.29, 1.82) is 0 Å². The first kappa shape index (κ1) is 22.1. The van der Waals surface area contributed by atoms with Gasteiger partial charge < -0.3 is 19.9 Å². The Hall–Kier alpha value is -3.13. The topological polar surface area (TPSA) is 97.8 Å². The molecule has 1 heterocycles. The van der Waals surface area contributed by atoms with Gasteiger partial charge in [0.1, 0.15) is 5.01 Å². The normalized spacial score (nSPS) is 14.2. The standard InChI is InChI=1S/C24H26N2O5S/c1-3-8-31-19-9-17-20(10-18(19)30-2)32-21(26-17)14-25-23(29)24(13-22(27)28)11-15-6-4-5-7-16(15)12-24/h4-7,9-10H,3,8,11-14H2,1-2H3,(H,25,29)(H,27,28). The largest absolute Gasteiger partial charge is 0.493 e. The van der Waals surface area contributed by atoms with Crippen LogP contribution in [-0.4, -0.2) is 35.7 Å². The van der Waals surface area contributed by atoms with Crippen molar-refractivity contribution in [2.24, 2.45) is 5.41 Å². The minimum Gasteiger partial charge on any atom is -0.493 e. The summed E-state index contributed by atoms with van der Waals surface area (Å²) in [4.78, 5) is 29.4. The Morgan fingerprint density at radius 3 is 2.53 bits per heavy atom. The van der Waals surface area contributed by atoms with Crippen LogP contribution in [0.2, 0.25) is 0 Å². The van der Waals surface area contributed by atoms with Crippen molar-refractivity contribution in [3.63, 3.8) is 0 Å². The monoisotopic (exact) mass is 454 g/mol. The van der Waals surface area contributed by atoms with E-state index in [1.54, 1.807) is 7.11 Å². The van der Waals surface area contributed by atoms with Crippen LogP contribution in [0, 0.1) is 5.41 Å². The second-order valence-electron chi connectivity index (χ2n) is 8.08.